The number of aliphatic hydroxyl groups is 1. The van der Waals surface area contributed by atoms with Crippen LogP contribution >= 0.6 is 0 Å². The van der Waals surface area contributed by atoms with Crippen molar-refractivity contribution in [2.75, 3.05) is 26.2 Å². The number of phenols is 1. The fourth-order valence-electron chi connectivity index (χ4n) is 2.40. The first-order chi connectivity index (χ1) is 10.1. The van der Waals surface area contributed by atoms with Gasteiger partial charge in [-0.3, -0.25) is 0 Å². The predicted molar refractivity (Wildman–Crippen MR) is 80.0 cm³/mol. The molecule has 0 aliphatic carbocycles. The molecule has 1 fully saturated rings. The van der Waals surface area contributed by atoms with Gasteiger partial charge in [0.15, 0.2) is 0 Å². The van der Waals surface area contributed by atoms with Crippen molar-refractivity contribution < 1.29 is 15.0 Å². The van der Waals surface area contributed by atoms with E-state index < -0.39 is 6.10 Å². The van der Waals surface area contributed by atoms with Gasteiger partial charge in [0.2, 0.25) is 0 Å². The zero-order valence-electron chi connectivity index (χ0n) is 12.1. The van der Waals surface area contributed by atoms with Crippen molar-refractivity contribution in [2.24, 2.45) is 0 Å². The highest BCUT2D eigenvalue weighted by atomic mass is 16.3. The van der Waals surface area contributed by atoms with Gasteiger partial charge >= 0.3 is 6.03 Å². The van der Waals surface area contributed by atoms with E-state index in [-0.39, 0.29) is 18.3 Å². The Morgan fingerprint density at radius 1 is 1.19 bits per heavy atom. The number of aromatic hydroxyl groups is 1. The van der Waals surface area contributed by atoms with Crippen LogP contribution in [0.2, 0.25) is 0 Å². The second-order valence-corrected chi connectivity index (χ2v) is 5.39. The summed E-state index contributed by atoms with van der Waals surface area (Å²) in [4.78, 5) is 13.8. The van der Waals surface area contributed by atoms with Crippen molar-refractivity contribution in [3.63, 3.8) is 0 Å². The van der Waals surface area contributed by atoms with Crippen LogP contribution in [0.5, 0.6) is 5.75 Å². The quantitative estimate of drug-likeness (QED) is 0.620. The summed E-state index contributed by atoms with van der Waals surface area (Å²) in [5.74, 6) is 0.202. The average molecular weight is 293 g/mol. The SMILES string of the molecule is O=C(NCc1ccc(O)cc1)NCC(O)CN1CCCC1. The molecule has 1 aromatic rings. The summed E-state index contributed by atoms with van der Waals surface area (Å²) in [7, 11) is 0. The van der Waals surface area contributed by atoms with Crippen LogP contribution in [0.1, 0.15) is 18.4 Å². The summed E-state index contributed by atoms with van der Waals surface area (Å²) in [6.07, 6.45) is 1.84. The summed E-state index contributed by atoms with van der Waals surface area (Å²) in [6, 6.07) is 6.35. The van der Waals surface area contributed by atoms with Crippen molar-refractivity contribution in [3.05, 3.63) is 29.8 Å². The molecular formula is C15H23N3O3. The number of phenolic OH excluding ortho intramolecular Hbond substituents is 1. The maximum absolute atomic E-state index is 11.6. The van der Waals surface area contributed by atoms with Gasteiger partial charge < -0.3 is 25.7 Å². The van der Waals surface area contributed by atoms with Gasteiger partial charge in [-0.1, -0.05) is 12.1 Å². The molecule has 1 aromatic carbocycles. The number of nitrogens with zero attached hydrogens (tertiary/aromatic N) is 1. The fraction of sp³-hybridized carbons (Fsp3) is 0.533. The number of rotatable bonds is 6. The van der Waals surface area contributed by atoms with E-state index in [1.807, 2.05) is 0 Å². The van der Waals surface area contributed by atoms with E-state index in [2.05, 4.69) is 15.5 Å². The summed E-state index contributed by atoms with van der Waals surface area (Å²) in [6.45, 7) is 3.30. The fourth-order valence-corrected chi connectivity index (χ4v) is 2.40. The van der Waals surface area contributed by atoms with Crippen molar-refractivity contribution in [1.82, 2.24) is 15.5 Å². The normalized spacial score (nSPS) is 16.6. The van der Waals surface area contributed by atoms with Crippen LogP contribution in [0.4, 0.5) is 4.79 Å². The molecule has 2 amide bonds. The van der Waals surface area contributed by atoms with Gasteiger partial charge in [0, 0.05) is 19.6 Å². The van der Waals surface area contributed by atoms with Crippen LogP contribution in [0.25, 0.3) is 0 Å². The highest BCUT2D eigenvalue weighted by Gasteiger charge is 2.16. The molecule has 1 unspecified atom stereocenters. The van der Waals surface area contributed by atoms with Crippen LogP contribution in [0.15, 0.2) is 24.3 Å². The molecule has 0 bridgehead atoms. The van der Waals surface area contributed by atoms with Crippen LogP contribution in [-0.4, -0.2) is 53.4 Å². The largest absolute Gasteiger partial charge is 0.508 e. The standard InChI is InChI=1S/C15H23N3O3/c19-13-5-3-12(4-6-13)9-16-15(21)17-10-14(20)11-18-7-1-2-8-18/h3-6,14,19-20H,1-2,7-11H2,(H2,16,17,21). The third-order valence-corrected chi connectivity index (χ3v) is 3.56. The number of nitrogens with one attached hydrogen (secondary N) is 2. The highest BCUT2D eigenvalue weighted by Crippen LogP contribution is 2.09. The first kappa shape index (κ1) is 15.6. The van der Waals surface area contributed by atoms with Crippen molar-refractivity contribution in [3.8, 4) is 5.75 Å². The first-order valence-corrected chi connectivity index (χ1v) is 7.33. The molecule has 1 atom stereocenters. The van der Waals surface area contributed by atoms with Crippen LogP contribution in [0.3, 0.4) is 0 Å². The Labute approximate surface area is 124 Å². The molecule has 2 rings (SSSR count). The Kier molecular flexibility index (Phi) is 5.83. The number of urea groups is 1. The van der Waals surface area contributed by atoms with Crippen LogP contribution < -0.4 is 10.6 Å². The van der Waals surface area contributed by atoms with Gasteiger partial charge in [-0.2, -0.15) is 0 Å². The van der Waals surface area contributed by atoms with E-state index in [1.165, 1.54) is 12.8 Å². The molecule has 6 heteroatoms. The third-order valence-electron chi connectivity index (χ3n) is 3.56. The maximum atomic E-state index is 11.6. The summed E-state index contributed by atoms with van der Waals surface area (Å²) >= 11 is 0. The summed E-state index contributed by atoms with van der Waals surface area (Å²) in [5, 5.41) is 24.4. The van der Waals surface area contributed by atoms with Gasteiger partial charge in [0.1, 0.15) is 5.75 Å². The van der Waals surface area contributed by atoms with Gasteiger partial charge in [-0.25, -0.2) is 4.79 Å². The van der Waals surface area contributed by atoms with Crippen molar-refractivity contribution in [2.45, 2.75) is 25.5 Å². The van der Waals surface area contributed by atoms with E-state index in [9.17, 15) is 9.90 Å². The van der Waals surface area contributed by atoms with Crippen molar-refractivity contribution in [1.29, 1.82) is 0 Å². The lowest BCUT2D eigenvalue weighted by Gasteiger charge is -2.19. The molecule has 6 nitrogen and oxygen atoms in total. The number of carbonyl (C=O) groups is 1. The first-order valence-electron chi connectivity index (χ1n) is 7.33. The van der Waals surface area contributed by atoms with Gasteiger partial charge in [0.05, 0.1) is 6.10 Å². The number of β-amino-alcohol motifs (C(OH)–C–C–N with tert-alkyl or cyclic N) is 1. The zero-order valence-corrected chi connectivity index (χ0v) is 12.1. The molecule has 116 valence electrons. The zero-order chi connectivity index (χ0) is 15.1. The molecule has 0 saturated carbocycles. The summed E-state index contributed by atoms with van der Waals surface area (Å²) in [5.41, 5.74) is 0.903. The molecule has 0 aromatic heterocycles. The number of benzene rings is 1. The van der Waals surface area contributed by atoms with Crippen LogP contribution in [0, 0.1) is 0 Å². The van der Waals surface area contributed by atoms with Crippen LogP contribution in [-0.2, 0) is 6.54 Å². The minimum atomic E-state index is -0.539. The molecule has 4 N–H and O–H groups in total. The number of likely N-dealkylation sites (tertiary alicyclic amines) is 1. The van der Waals surface area contributed by atoms with Crippen molar-refractivity contribution >= 4 is 6.03 Å². The molecule has 0 radical (unpaired) electrons. The smallest absolute Gasteiger partial charge is 0.315 e. The Bertz CT molecular complexity index is 444. The minimum Gasteiger partial charge on any atom is -0.508 e. The molecular weight excluding hydrogens is 270 g/mol. The number of aliphatic hydroxyl groups excluding tert-OH is 1. The second-order valence-electron chi connectivity index (χ2n) is 5.39. The second kappa shape index (κ2) is 7.85. The number of hydrogen-bond donors (Lipinski definition) is 4. The highest BCUT2D eigenvalue weighted by molar-refractivity contribution is 5.73. The number of hydrogen-bond acceptors (Lipinski definition) is 4. The average Bonchev–Trinajstić information content (AvgIpc) is 2.97. The van der Waals surface area contributed by atoms with Gasteiger partial charge in [-0.05, 0) is 43.6 Å². The third kappa shape index (κ3) is 5.61. The van der Waals surface area contributed by atoms with E-state index >= 15 is 0 Å². The molecule has 21 heavy (non-hydrogen) atoms. The monoisotopic (exact) mass is 293 g/mol. The Balaban J connectivity index is 1.61. The Morgan fingerprint density at radius 2 is 1.86 bits per heavy atom. The predicted octanol–water partition coefficient (Wildman–Crippen LogP) is 0.648. The van der Waals surface area contributed by atoms with E-state index in [0.29, 0.717) is 13.1 Å². The Morgan fingerprint density at radius 3 is 2.52 bits per heavy atom. The molecule has 1 aliphatic rings. The number of carbonyl (C=O) groups excluding carboxylic acids is 1. The van der Waals surface area contributed by atoms with E-state index in [4.69, 9.17) is 5.11 Å². The molecule has 1 saturated heterocycles. The molecule has 1 heterocycles. The lowest BCUT2D eigenvalue weighted by Crippen LogP contribution is -2.43. The lowest BCUT2D eigenvalue weighted by molar-refractivity contribution is 0.124. The number of amides is 2. The molecule has 0 spiro atoms. The summed E-state index contributed by atoms with van der Waals surface area (Å²) < 4.78 is 0. The topological polar surface area (TPSA) is 84.8 Å². The van der Waals surface area contributed by atoms with Gasteiger partial charge in [0.25, 0.3) is 0 Å². The van der Waals surface area contributed by atoms with Gasteiger partial charge in [-0.15, -0.1) is 0 Å². The van der Waals surface area contributed by atoms with E-state index in [1.54, 1.807) is 24.3 Å². The molecule has 1 aliphatic heterocycles. The lowest BCUT2D eigenvalue weighted by atomic mass is 10.2. The minimum absolute atomic E-state index is 0.202. The maximum Gasteiger partial charge on any atom is 0.315 e. The Hall–Kier alpha value is -1.79. The van der Waals surface area contributed by atoms with E-state index in [0.717, 1.165) is 18.7 Å².